The van der Waals surface area contributed by atoms with Gasteiger partial charge in [-0.05, 0) is 44.9 Å². The van der Waals surface area contributed by atoms with Gasteiger partial charge in [0.2, 0.25) is 0 Å². The fourth-order valence-corrected chi connectivity index (χ4v) is 4.12. The predicted molar refractivity (Wildman–Crippen MR) is 157 cm³/mol. The van der Waals surface area contributed by atoms with Crippen LogP contribution in [0.15, 0.2) is 59.3 Å². The largest absolute Gasteiger partial charge is 0.376 e. The van der Waals surface area contributed by atoms with Gasteiger partial charge in [0.05, 0.1) is 0 Å². The molecule has 0 bridgehead atoms. The molecular formula is C28H30Cl2N4O4S. The number of nitrogens with one attached hydrogen (secondary N) is 2. The molecule has 2 unspecified atom stereocenters. The molecule has 0 saturated heterocycles. The number of hydrogen-bond donors (Lipinski definition) is 6. The lowest BCUT2D eigenvalue weighted by Crippen LogP contribution is -2.21. The van der Waals surface area contributed by atoms with Gasteiger partial charge < -0.3 is 32.3 Å². The molecule has 3 rings (SSSR count). The molecule has 0 aliphatic rings. The summed E-state index contributed by atoms with van der Waals surface area (Å²) in [4.78, 5) is 24.1. The van der Waals surface area contributed by atoms with Crippen LogP contribution >= 0.6 is 36.2 Å². The predicted octanol–water partition coefficient (Wildman–Crippen LogP) is 2.22. The van der Waals surface area contributed by atoms with E-state index in [0.717, 1.165) is 22.3 Å². The van der Waals surface area contributed by atoms with Crippen molar-refractivity contribution in [2.24, 2.45) is 11.5 Å². The topological polar surface area (TPSA) is 151 Å². The molecule has 2 aromatic carbocycles. The zero-order valence-electron chi connectivity index (χ0n) is 20.8. The smallest absolute Gasteiger partial charge is 0.296 e. The Hall–Kier alpha value is -3.38. The molecule has 0 radical (unpaired) electrons. The van der Waals surface area contributed by atoms with Crippen LogP contribution in [0.5, 0.6) is 0 Å². The molecule has 39 heavy (non-hydrogen) atoms. The average Bonchev–Trinajstić information content (AvgIpc) is 3.43. The number of aliphatic hydroxyl groups is 2. The van der Waals surface area contributed by atoms with Gasteiger partial charge in [0.25, 0.3) is 11.8 Å². The zero-order chi connectivity index (χ0) is 26.6. The molecule has 2 amide bonds. The number of hydrogen-bond acceptors (Lipinski definition) is 7. The first-order valence-corrected chi connectivity index (χ1v) is 12.4. The molecule has 0 aliphatic carbocycles. The number of carbonyl (C=O) groups excluding carboxylic acids is 2. The Bertz CT molecular complexity index is 1240. The van der Waals surface area contributed by atoms with Crippen LogP contribution in [0.2, 0.25) is 0 Å². The summed E-state index contributed by atoms with van der Waals surface area (Å²) in [5.41, 5.74) is 15.6. The van der Waals surface area contributed by atoms with Crippen LogP contribution in [-0.2, 0) is 35.8 Å². The summed E-state index contributed by atoms with van der Waals surface area (Å²) in [5.74, 6) is 8.60. The van der Waals surface area contributed by atoms with E-state index in [2.05, 4.69) is 34.3 Å². The third kappa shape index (κ3) is 10.7. The molecule has 0 spiro atoms. The summed E-state index contributed by atoms with van der Waals surface area (Å²) in [6.07, 6.45) is -2.62. The van der Waals surface area contributed by atoms with Gasteiger partial charge in [-0.2, -0.15) is 11.3 Å². The standard InChI is InChI=1S/C28H28N4O4S.2ClH/c29-13-19-1-5-21(6-2-19)15-31-27(35)11-9-25(33)23-17-37-18-24(23)26(34)10-12-28(36)32-16-22-7-3-20(14-30)4-8-22;;/h1-8,17-18,25-26,33-34H,13-16,29-30H2,(H,31,35)(H,32,36);2*1H. The van der Waals surface area contributed by atoms with Crippen LogP contribution in [0.3, 0.4) is 0 Å². The molecule has 0 saturated carbocycles. The SMILES string of the molecule is Cl.Cl.NCc1ccc(CNC(=O)C#CC(O)c2cscc2C(O)C#CC(=O)NCc2ccc(CN)cc2)cc1. The molecule has 3 aromatic rings. The molecule has 2 atom stereocenters. The Morgan fingerprint density at radius 3 is 1.36 bits per heavy atom. The summed E-state index contributed by atoms with van der Waals surface area (Å²) in [6.45, 7) is 1.46. The molecular weight excluding hydrogens is 559 g/mol. The Morgan fingerprint density at radius 1 is 0.692 bits per heavy atom. The van der Waals surface area contributed by atoms with E-state index in [-0.39, 0.29) is 37.9 Å². The van der Waals surface area contributed by atoms with E-state index in [1.165, 1.54) is 11.3 Å². The van der Waals surface area contributed by atoms with Gasteiger partial charge in [0.15, 0.2) is 0 Å². The highest BCUT2D eigenvalue weighted by Gasteiger charge is 2.17. The summed E-state index contributed by atoms with van der Waals surface area (Å²) < 4.78 is 0. The van der Waals surface area contributed by atoms with E-state index in [1.807, 2.05) is 48.5 Å². The van der Waals surface area contributed by atoms with Gasteiger partial charge in [-0.1, -0.05) is 60.4 Å². The normalized spacial score (nSPS) is 11.2. The third-order valence-electron chi connectivity index (χ3n) is 5.38. The van der Waals surface area contributed by atoms with Crippen LogP contribution in [0.1, 0.15) is 45.6 Å². The number of amides is 2. The number of thiophene rings is 1. The maximum Gasteiger partial charge on any atom is 0.296 e. The highest BCUT2D eigenvalue weighted by Crippen LogP contribution is 2.27. The Kier molecular flexibility index (Phi) is 14.9. The maximum absolute atomic E-state index is 12.1. The number of halogens is 2. The van der Waals surface area contributed by atoms with Crippen molar-refractivity contribution in [3.8, 4) is 23.7 Å². The van der Waals surface area contributed by atoms with Gasteiger partial charge in [-0.25, -0.2) is 0 Å². The fourth-order valence-electron chi connectivity index (χ4n) is 3.22. The molecule has 0 fully saturated rings. The van der Waals surface area contributed by atoms with E-state index < -0.39 is 24.0 Å². The Morgan fingerprint density at radius 2 is 1.03 bits per heavy atom. The summed E-state index contributed by atoms with van der Waals surface area (Å²) in [7, 11) is 0. The molecule has 206 valence electrons. The summed E-state index contributed by atoms with van der Waals surface area (Å²) in [5, 5.41) is 29.5. The second kappa shape index (κ2) is 17.3. The van der Waals surface area contributed by atoms with E-state index in [4.69, 9.17) is 11.5 Å². The first-order valence-electron chi connectivity index (χ1n) is 11.5. The molecule has 8 N–H and O–H groups in total. The quantitative estimate of drug-likeness (QED) is 0.222. The second-order valence-corrected chi connectivity index (χ2v) is 8.78. The maximum atomic E-state index is 12.1. The van der Waals surface area contributed by atoms with Crippen LogP contribution in [0, 0.1) is 23.7 Å². The number of benzene rings is 2. The van der Waals surface area contributed by atoms with Crippen LogP contribution in [0.25, 0.3) is 0 Å². The molecule has 1 aromatic heterocycles. The highest BCUT2D eigenvalue weighted by molar-refractivity contribution is 7.08. The van der Waals surface area contributed by atoms with Crippen molar-refractivity contribution in [1.29, 1.82) is 0 Å². The van der Waals surface area contributed by atoms with Crippen LogP contribution in [-0.4, -0.2) is 22.0 Å². The molecule has 1 heterocycles. The molecule has 0 aliphatic heterocycles. The first-order chi connectivity index (χ1) is 17.9. The van der Waals surface area contributed by atoms with Crippen molar-refractivity contribution in [3.63, 3.8) is 0 Å². The van der Waals surface area contributed by atoms with E-state index in [1.54, 1.807) is 10.8 Å². The van der Waals surface area contributed by atoms with Gasteiger partial charge in [-0.3, -0.25) is 9.59 Å². The van der Waals surface area contributed by atoms with Gasteiger partial charge in [0, 0.05) is 37.3 Å². The van der Waals surface area contributed by atoms with Crippen molar-refractivity contribution in [2.75, 3.05) is 0 Å². The first kappa shape index (κ1) is 33.6. The van der Waals surface area contributed by atoms with E-state index >= 15 is 0 Å². The van der Waals surface area contributed by atoms with Gasteiger partial charge >= 0.3 is 0 Å². The minimum Gasteiger partial charge on any atom is -0.376 e. The van der Waals surface area contributed by atoms with Crippen molar-refractivity contribution in [1.82, 2.24) is 10.6 Å². The number of carbonyl (C=O) groups is 2. The third-order valence-corrected chi connectivity index (χ3v) is 6.16. The monoisotopic (exact) mass is 588 g/mol. The van der Waals surface area contributed by atoms with Crippen molar-refractivity contribution < 1.29 is 19.8 Å². The number of rotatable bonds is 8. The lowest BCUT2D eigenvalue weighted by molar-refractivity contribution is -0.116. The average molecular weight is 590 g/mol. The minimum atomic E-state index is -1.31. The minimum absolute atomic E-state index is 0. The zero-order valence-corrected chi connectivity index (χ0v) is 23.3. The molecule has 11 heteroatoms. The van der Waals surface area contributed by atoms with Crippen molar-refractivity contribution in [3.05, 3.63) is 92.7 Å². The Labute approximate surface area is 244 Å². The fraction of sp³-hybridized carbons (Fsp3) is 0.214. The van der Waals surface area contributed by atoms with E-state index in [9.17, 15) is 19.8 Å². The number of nitrogens with two attached hydrogens (primary N) is 2. The van der Waals surface area contributed by atoms with Crippen LogP contribution < -0.4 is 22.1 Å². The van der Waals surface area contributed by atoms with E-state index in [0.29, 0.717) is 24.2 Å². The van der Waals surface area contributed by atoms with Crippen LogP contribution in [0.4, 0.5) is 0 Å². The Balaban J connectivity index is 0.00000380. The van der Waals surface area contributed by atoms with Crippen molar-refractivity contribution >= 4 is 48.0 Å². The highest BCUT2D eigenvalue weighted by atomic mass is 35.5. The van der Waals surface area contributed by atoms with Gasteiger partial charge in [0.1, 0.15) is 12.2 Å². The second-order valence-electron chi connectivity index (χ2n) is 8.03. The molecule has 8 nitrogen and oxygen atoms in total. The lowest BCUT2D eigenvalue weighted by Gasteiger charge is -2.08. The summed E-state index contributed by atoms with van der Waals surface area (Å²) >= 11 is 1.24. The number of aliphatic hydroxyl groups excluding tert-OH is 2. The lowest BCUT2D eigenvalue weighted by atomic mass is 10.0. The van der Waals surface area contributed by atoms with Gasteiger partial charge in [-0.15, -0.1) is 24.8 Å². The van der Waals surface area contributed by atoms with Crippen molar-refractivity contribution in [2.45, 2.75) is 38.4 Å². The summed E-state index contributed by atoms with van der Waals surface area (Å²) in [6, 6.07) is 15.0.